The van der Waals surface area contributed by atoms with Crippen molar-refractivity contribution >= 4 is 23.2 Å². The third-order valence-corrected chi connectivity index (χ3v) is 5.76. The molecule has 0 aliphatic rings. The molecular formula is C28H32N2O2. The van der Waals surface area contributed by atoms with Gasteiger partial charge in [-0.25, -0.2) is 0 Å². The molecule has 2 N–H and O–H groups in total. The Morgan fingerprint density at radius 3 is 1.25 bits per heavy atom. The highest BCUT2D eigenvalue weighted by Gasteiger charge is 2.13. The van der Waals surface area contributed by atoms with E-state index in [4.69, 9.17) is 0 Å². The van der Waals surface area contributed by atoms with Crippen molar-refractivity contribution in [2.45, 2.75) is 53.4 Å². The topological polar surface area (TPSA) is 58.2 Å². The van der Waals surface area contributed by atoms with Gasteiger partial charge in [-0.3, -0.25) is 9.59 Å². The van der Waals surface area contributed by atoms with E-state index >= 15 is 0 Å². The molecule has 0 aromatic heterocycles. The lowest BCUT2D eigenvalue weighted by atomic mass is 10.0. The molecule has 0 saturated carbocycles. The van der Waals surface area contributed by atoms with Crippen LogP contribution < -0.4 is 10.6 Å². The van der Waals surface area contributed by atoms with Gasteiger partial charge >= 0.3 is 0 Å². The summed E-state index contributed by atoms with van der Waals surface area (Å²) < 4.78 is 0. The summed E-state index contributed by atoms with van der Waals surface area (Å²) in [4.78, 5) is 25.5. The number of anilines is 2. The van der Waals surface area contributed by atoms with Crippen molar-refractivity contribution in [2.75, 3.05) is 10.6 Å². The highest BCUT2D eigenvalue weighted by Crippen LogP contribution is 2.24. The van der Waals surface area contributed by atoms with Gasteiger partial charge in [0, 0.05) is 22.5 Å². The van der Waals surface area contributed by atoms with Crippen LogP contribution in [0.15, 0.2) is 60.7 Å². The minimum Gasteiger partial charge on any atom is -0.322 e. The lowest BCUT2D eigenvalue weighted by Crippen LogP contribution is -2.15. The van der Waals surface area contributed by atoms with E-state index in [0.29, 0.717) is 23.0 Å². The third kappa shape index (κ3) is 5.44. The maximum Gasteiger partial charge on any atom is 0.255 e. The third-order valence-electron chi connectivity index (χ3n) is 5.76. The van der Waals surface area contributed by atoms with E-state index in [9.17, 15) is 9.59 Å². The Labute approximate surface area is 191 Å². The second kappa shape index (κ2) is 9.82. The minimum absolute atomic E-state index is 0.193. The second-order valence-electron chi connectivity index (χ2n) is 8.94. The SMILES string of the molecule is Cc1ccc(C(C)C)cc1NC(=O)c1ccc(C(=O)Nc2cc(C(C)C)ccc2C)cc1. The van der Waals surface area contributed by atoms with Crippen LogP contribution in [0, 0.1) is 13.8 Å². The van der Waals surface area contributed by atoms with Crippen molar-refractivity contribution in [3.05, 3.63) is 94.0 Å². The van der Waals surface area contributed by atoms with E-state index in [1.54, 1.807) is 24.3 Å². The van der Waals surface area contributed by atoms with Crippen molar-refractivity contribution < 1.29 is 9.59 Å². The Kier molecular flexibility index (Phi) is 7.14. The molecule has 4 heteroatoms. The summed E-state index contributed by atoms with van der Waals surface area (Å²) in [6.07, 6.45) is 0. The number of carbonyl (C=O) groups is 2. The van der Waals surface area contributed by atoms with Gasteiger partial charge in [-0.1, -0.05) is 52.0 Å². The van der Waals surface area contributed by atoms with Crippen LogP contribution >= 0.6 is 0 Å². The number of hydrogen-bond acceptors (Lipinski definition) is 2. The highest BCUT2D eigenvalue weighted by atomic mass is 16.2. The van der Waals surface area contributed by atoms with Crippen LogP contribution in [0.1, 0.15) is 82.5 Å². The number of carbonyl (C=O) groups excluding carboxylic acids is 2. The van der Waals surface area contributed by atoms with E-state index in [1.807, 2.05) is 38.1 Å². The lowest BCUT2D eigenvalue weighted by molar-refractivity contribution is 0.101. The zero-order valence-corrected chi connectivity index (χ0v) is 19.7. The molecular weight excluding hydrogens is 396 g/mol. The van der Waals surface area contributed by atoms with Crippen LogP contribution in [0.3, 0.4) is 0 Å². The molecule has 0 aliphatic heterocycles. The summed E-state index contributed by atoms with van der Waals surface area (Å²) in [7, 11) is 0. The van der Waals surface area contributed by atoms with Gasteiger partial charge in [-0.05, 0) is 84.3 Å². The molecule has 166 valence electrons. The molecule has 0 bridgehead atoms. The Balaban J connectivity index is 1.72. The fraction of sp³-hybridized carbons (Fsp3) is 0.286. The van der Waals surface area contributed by atoms with Crippen LogP contribution in [-0.4, -0.2) is 11.8 Å². The zero-order chi connectivity index (χ0) is 23.4. The maximum absolute atomic E-state index is 12.8. The van der Waals surface area contributed by atoms with Crippen LogP contribution in [0.25, 0.3) is 0 Å². The largest absolute Gasteiger partial charge is 0.322 e. The quantitative estimate of drug-likeness (QED) is 0.442. The van der Waals surface area contributed by atoms with Crippen LogP contribution in [0.5, 0.6) is 0 Å². The van der Waals surface area contributed by atoms with E-state index in [0.717, 1.165) is 22.5 Å². The molecule has 0 saturated heterocycles. The predicted molar refractivity (Wildman–Crippen MR) is 133 cm³/mol. The summed E-state index contributed by atoms with van der Waals surface area (Å²) in [5.74, 6) is 0.380. The first-order chi connectivity index (χ1) is 15.2. The molecule has 0 atom stereocenters. The standard InChI is InChI=1S/C28H32N2O2/c1-17(2)23-9-7-19(5)25(15-23)29-27(31)21-11-13-22(14-12-21)28(32)30-26-16-24(18(3)4)10-8-20(26)6/h7-18H,1-6H3,(H,29,31)(H,30,32). The van der Waals surface area contributed by atoms with Crippen LogP contribution in [0.2, 0.25) is 0 Å². The number of benzene rings is 3. The molecule has 0 unspecified atom stereocenters. The summed E-state index contributed by atoms with van der Waals surface area (Å²) in [6, 6.07) is 19.0. The molecule has 0 aliphatic carbocycles. The Bertz CT molecular complexity index is 1040. The maximum atomic E-state index is 12.8. The van der Waals surface area contributed by atoms with E-state index < -0.39 is 0 Å². The van der Waals surface area contributed by atoms with Gasteiger partial charge in [0.15, 0.2) is 0 Å². The second-order valence-corrected chi connectivity index (χ2v) is 8.94. The van der Waals surface area contributed by atoms with Crippen molar-refractivity contribution in [1.29, 1.82) is 0 Å². The molecule has 3 aromatic rings. The van der Waals surface area contributed by atoms with Gasteiger partial charge < -0.3 is 10.6 Å². The highest BCUT2D eigenvalue weighted by molar-refractivity contribution is 6.07. The smallest absolute Gasteiger partial charge is 0.255 e. The predicted octanol–water partition coefficient (Wildman–Crippen LogP) is 7.05. The van der Waals surface area contributed by atoms with E-state index in [1.165, 1.54) is 11.1 Å². The number of nitrogens with one attached hydrogen (secondary N) is 2. The molecule has 0 radical (unpaired) electrons. The van der Waals surface area contributed by atoms with Gasteiger partial charge in [0.25, 0.3) is 11.8 Å². The Morgan fingerprint density at radius 1 is 0.594 bits per heavy atom. The average molecular weight is 429 g/mol. The fourth-order valence-electron chi connectivity index (χ4n) is 3.43. The Morgan fingerprint density at radius 2 is 0.938 bits per heavy atom. The summed E-state index contributed by atoms with van der Waals surface area (Å²) in [6.45, 7) is 12.5. The van der Waals surface area contributed by atoms with Crippen LogP contribution in [-0.2, 0) is 0 Å². The first kappa shape index (κ1) is 23.3. The molecule has 3 rings (SSSR count). The monoisotopic (exact) mass is 428 g/mol. The van der Waals surface area contributed by atoms with Crippen molar-refractivity contribution in [1.82, 2.24) is 0 Å². The first-order valence-electron chi connectivity index (χ1n) is 11.1. The molecule has 32 heavy (non-hydrogen) atoms. The zero-order valence-electron chi connectivity index (χ0n) is 19.7. The Hall–Kier alpha value is -3.40. The first-order valence-corrected chi connectivity index (χ1v) is 11.1. The molecule has 3 aromatic carbocycles. The van der Waals surface area contributed by atoms with Gasteiger partial charge in [0.2, 0.25) is 0 Å². The number of amides is 2. The average Bonchev–Trinajstić information content (AvgIpc) is 2.76. The van der Waals surface area contributed by atoms with Gasteiger partial charge in [-0.2, -0.15) is 0 Å². The van der Waals surface area contributed by atoms with Gasteiger partial charge in [-0.15, -0.1) is 0 Å². The van der Waals surface area contributed by atoms with E-state index in [2.05, 4.69) is 50.5 Å². The summed E-state index contributed by atoms with van der Waals surface area (Å²) in [5.41, 5.74) is 7.01. The molecule has 0 heterocycles. The van der Waals surface area contributed by atoms with Crippen molar-refractivity contribution in [3.8, 4) is 0 Å². The van der Waals surface area contributed by atoms with Gasteiger partial charge in [0.1, 0.15) is 0 Å². The number of hydrogen-bond donors (Lipinski definition) is 2. The fourth-order valence-corrected chi connectivity index (χ4v) is 3.43. The van der Waals surface area contributed by atoms with Crippen molar-refractivity contribution in [3.63, 3.8) is 0 Å². The van der Waals surface area contributed by atoms with E-state index in [-0.39, 0.29) is 11.8 Å². The molecule has 4 nitrogen and oxygen atoms in total. The summed E-state index contributed by atoms with van der Waals surface area (Å²) in [5, 5.41) is 5.99. The number of aryl methyl sites for hydroxylation is 2. The lowest BCUT2D eigenvalue weighted by Gasteiger charge is -2.13. The molecule has 2 amide bonds. The minimum atomic E-state index is -0.193. The number of rotatable bonds is 6. The van der Waals surface area contributed by atoms with Crippen LogP contribution in [0.4, 0.5) is 11.4 Å². The normalized spacial score (nSPS) is 11.0. The summed E-state index contributed by atoms with van der Waals surface area (Å²) >= 11 is 0. The molecule has 0 fully saturated rings. The van der Waals surface area contributed by atoms with Gasteiger partial charge in [0.05, 0.1) is 0 Å². The van der Waals surface area contributed by atoms with Crippen molar-refractivity contribution in [2.24, 2.45) is 0 Å². The molecule has 0 spiro atoms.